The van der Waals surface area contributed by atoms with Gasteiger partial charge >= 0.3 is 30.5 Å². The Morgan fingerprint density at radius 1 is 1.02 bits per heavy atom. The molecule has 0 bridgehead atoms. The number of guanidine groups is 1. The highest BCUT2D eigenvalue weighted by Gasteiger charge is 2.48. The van der Waals surface area contributed by atoms with Crippen LogP contribution in [0, 0.1) is 16.0 Å². The minimum absolute atomic E-state index is 0.113. The number of benzene rings is 1. The van der Waals surface area contributed by atoms with Gasteiger partial charge in [-0.2, -0.15) is 0 Å². The molecule has 1 aromatic carbocycles. The van der Waals surface area contributed by atoms with Gasteiger partial charge in [-0.25, -0.2) is 24.0 Å². The molecule has 0 radical (unpaired) electrons. The van der Waals surface area contributed by atoms with Crippen LogP contribution in [0.3, 0.4) is 0 Å². The number of nitrogens with zero attached hydrogens (tertiary/aromatic N) is 2. The zero-order valence-corrected chi connectivity index (χ0v) is 28.0. The fraction of sp³-hybridized carbons (Fsp3) is 0.533. The average Bonchev–Trinajstić information content (AvgIpc) is 3.40. The number of hydrogen-bond acceptors (Lipinski definition) is 15. The van der Waals surface area contributed by atoms with E-state index in [2.05, 4.69) is 15.6 Å². The largest absolute Gasteiger partial charge is 0.514 e. The molecular formula is C30H38N4O15. The third kappa shape index (κ3) is 11.5. The minimum Gasteiger partial charge on any atom is -0.479 e. The number of esters is 1. The van der Waals surface area contributed by atoms with Crippen molar-refractivity contribution in [2.45, 2.75) is 84.0 Å². The Morgan fingerprint density at radius 3 is 2.18 bits per heavy atom. The highest BCUT2D eigenvalue weighted by Crippen LogP contribution is 2.32. The topological polar surface area (TPSA) is 239 Å². The third-order valence-corrected chi connectivity index (χ3v) is 6.37. The minimum atomic E-state index is -1.50. The number of rotatable bonds is 7. The molecule has 3 rings (SSSR count). The number of hydrogen-bond donors (Lipinski definition) is 2. The molecule has 0 unspecified atom stereocenters. The number of nitro groups is 1. The first kappa shape index (κ1) is 37.8. The summed E-state index contributed by atoms with van der Waals surface area (Å²) in [5.41, 5.74) is -2.12. The van der Waals surface area contributed by atoms with E-state index in [-0.39, 0.29) is 23.8 Å². The van der Waals surface area contributed by atoms with Crippen LogP contribution in [0.1, 0.15) is 48.5 Å². The molecule has 0 aliphatic carbocycles. The van der Waals surface area contributed by atoms with E-state index in [1.54, 1.807) is 48.5 Å². The number of non-ortho nitro benzene ring substituents is 1. The highest BCUT2D eigenvalue weighted by molar-refractivity contribution is 5.99. The van der Waals surface area contributed by atoms with Gasteiger partial charge in [0.25, 0.3) is 5.69 Å². The van der Waals surface area contributed by atoms with Crippen molar-refractivity contribution in [3.8, 4) is 5.75 Å². The van der Waals surface area contributed by atoms with E-state index in [1.165, 1.54) is 6.08 Å². The highest BCUT2D eigenvalue weighted by atomic mass is 16.8. The zero-order chi connectivity index (χ0) is 36.7. The lowest BCUT2D eigenvalue weighted by Gasteiger charge is -2.39. The number of aliphatic imine (C=N–C) groups is 1. The Labute approximate surface area is 280 Å². The molecule has 0 saturated carbocycles. The van der Waals surface area contributed by atoms with Crippen LogP contribution in [0.2, 0.25) is 0 Å². The summed E-state index contributed by atoms with van der Waals surface area (Å²) in [7, 11) is 1.09. The van der Waals surface area contributed by atoms with E-state index in [1.807, 2.05) is 0 Å². The number of nitrogens with one attached hydrogen (secondary N) is 2. The van der Waals surface area contributed by atoms with E-state index < -0.39 is 82.8 Å². The third-order valence-electron chi connectivity index (χ3n) is 6.37. The number of carbonyl (C=O) groups is 5. The smallest absolute Gasteiger partial charge is 0.479 e. The zero-order valence-electron chi connectivity index (χ0n) is 28.0. The van der Waals surface area contributed by atoms with Crippen LogP contribution in [-0.4, -0.2) is 90.6 Å². The number of carbonyl (C=O) groups excluding carboxylic acids is 5. The Kier molecular flexibility index (Phi) is 12.0. The van der Waals surface area contributed by atoms with Crippen molar-refractivity contribution < 1.29 is 66.8 Å². The van der Waals surface area contributed by atoms with Crippen LogP contribution in [0.5, 0.6) is 5.75 Å². The molecular weight excluding hydrogens is 656 g/mol. The molecule has 268 valence electrons. The molecule has 1 fully saturated rings. The van der Waals surface area contributed by atoms with E-state index in [9.17, 15) is 34.1 Å². The van der Waals surface area contributed by atoms with Crippen molar-refractivity contribution in [1.82, 2.24) is 10.6 Å². The molecule has 19 nitrogen and oxygen atoms in total. The second-order valence-corrected chi connectivity index (χ2v) is 12.6. The van der Waals surface area contributed by atoms with Crippen molar-refractivity contribution in [2.24, 2.45) is 10.9 Å². The summed E-state index contributed by atoms with van der Waals surface area (Å²) in [6.45, 7) is 10.9. The van der Waals surface area contributed by atoms with Crippen LogP contribution in [0.15, 0.2) is 41.1 Å². The van der Waals surface area contributed by atoms with Gasteiger partial charge in [0.15, 0.2) is 12.2 Å². The Bertz CT molecular complexity index is 1490. The van der Waals surface area contributed by atoms with Gasteiger partial charge in [0.05, 0.1) is 18.1 Å². The van der Waals surface area contributed by atoms with Crippen molar-refractivity contribution in [1.29, 1.82) is 0 Å². The fourth-order valence-electron chi connectivity index (χ4n) is 4.32. The van der Waals surface area contributed by atoms with E-state index >= 15 is 0 Å². The summed E-state index contributed by atoms with van der Waals surface area (Å²) in [4.78, 5) is 77.1. The quantitative estimate of drug-likeness (QED) is 0.0783. The molecule has 5 atom stereocenters. The first-order chi connectivity index (χ1) is 22.7. The van der Waals surface area contributed by atoms with E-state index in [0.29, 0.717) is 0 Å². The predicted molar refractivity (Wildman–Crippen MR) is 164 cm³/mol. The lowest BCUT2D eigenvalue weighted by Crippen LogP contribution is -2.57. The number of alkyl carbamates (subject to hydrolysis) is 1. The lowest BCUT2D eigenvalue weighted by atomic mass is 9.87. The summed E-state index contributed by atoms with van der Waals surface area (Å²) in [5.74, 6) is -2.74. The number of cyclic esters (lactones) is 2. The normalized spacial score (nSPS) is 21.3. The van der Waals surface area contributed by atoms with Crippen molar-refractivity contribution >= 4 is 42.1 Å². The monoisotopic (exact) mass is 694 g/mol. The van der Waals surface area contributed by atoms with Gasteiger partial charge in [-0.15, -0.1) is 4.99 Å². The second kappa shape index (κ2) is 15.5. The molecule has 0 spiro atoms. The van der Waals surface area contributed by atoms with Gasteiger partial charge in [-0.3, -0.25) is 15.4 Å². The Balaban J connectivity index is 1.96. The molecule has 19 heteroatoms. The number of ether oxygens (including phenoxy) is 8. The summed E-state index contributed by atoms with van der Waals surface area (Å²) in [5, 5.41) is 16.2. The van der Waals surface area contributed by atoms with Crippen LogP contribution >= 0.6 is 0 Å². The van der Waals surface area contributed by atoms with Crippen molar-refractivity contribution in [3.63, 3.8) is 0 Å². The van der Waals surface area contributed by atoms with Gasteiger partial charge in [-0.1, -0.05) is 6.92 Å². The van der Waals surface area contributed by atoms with Crippen LogP contribution in [-0.2, 0) is 38.0 Å². The molecule has 0 aromatic heterocycles. The number of methoxy groups -OCH3 is 1. The second-order valence-electron chi connectivity index (χ2n) is 12.6. The maximum Gasteiger partial charge on any atom is 0.514 e. The maximum absolute atomic E-state index is 13.0. The van der Waals surface area contributed by atoms with Gasteiger partial charge in [0, 0.05) is 18.1 Å². The Morgan fingerprint density at radius 2 is 1.65 bits per heavy atom. The summed E-state index contributed by atoms with van der Waals surface area (Å²) < 4.78 is 42.1. The van der Waals surface area contributed by atoms with Gasteiger partial charge in [-0.05, 0) is 59.8 Å². The number of amides is 2. The molecule has 2 aliphatic heterocycles. The Hall–Kier alpha value is -5.62. The molecule has 2 heterocycles. The maximum atomic E-state index is 13.0. The van der Waals surface area contributed by atoms with Crippen LogP contribution in [0.25, 0.3) is 0 Å². The first-order valence-corrected chi connectivity index (χ1v) is 14.8. The molecule has 49 heavy (non-hydrogen) atoms. The molecule has 2 aliphatic rings. The summed E-state index contributed by atoms with van der Waals surface area (Å²) in [6.07, 6.45) is -7.27. The van der Waals surface area contributed by atoms with Gasteiger partial charge < -0.3 is 43.2 Å². The standard InChI is InChI=1S/C30H38N4O15/c1-15-18(31-24(32-25(36)48-29(2,3)4)33-26(37)49-30(5,6)7)13-19(23(35)42-8)45-21(15)22(20-14-43-27(38)46-20)47-28(39)44-17-11-9-16(10-12-17)34(40)41/h9-13,15,18,20-22H,14H2,1-8H3,(H2,31,32,33,36,37)/t15-,18+,20-,21-,22-/m1/s1. The van der Waals surface area contributed by atoms with Crippen molar-refractivity contribution in [3.05, 3.63) is 46.2 Å². The summed E-state index contributed by atoms with van der Waals surface area (Å²) >= 11 is 0. The van der Waals surface area contributed by atoms with E-state index in [0.717, 1.165) is 31.4 Å². The lowest BCUT2D eigenvalue weighted by molar-refractivity contribution is -0.384. The molecule has 2 amide bonds. The predicted octanol–water partition coefficient (Wildman–Crippen LogP) is 3.88. The first-order valence-electron chi connectivity index (χ1n) is 14.8. The molecule has 1 saturated heterocycles. The van der Waals surface area contributed by atoms with Gasteiger partial charge in [0.2, 0.25) is 11.7 Å². The van der Waals surface area contributed by atoms with Crippen LogP contribution in [0.4, 0.5) is 24.9 Å². The number of nitro benzene ring substituents is 1. The van der Waals surface area contributed by atoms with E-state index in [4.69, 9.17) is 37.9 Å². The fourth-order valence-corrected chi connectivity index (χ4v) is 4.32. The molecule has 2 N–H and O–H groups in total. The molecule has 1 aromatic rings. The van der Waals surface area contributed by atoms with Gasteiger partial charge in [0.1, 0.15) is 29.7 Å². The summed E-state index contributed by atoms with van der Waals surface area (Å²) in [6, 6.07) is 3.50. The van der Waals surface area contributed by atoms with Crippen LogP contribution < -0.4 is 15.4 Å². The SMILES string of the molecule is COC(=O)C1=C[C@H](N/C(=N\C(=O)OC(C)(C)C)NC(=O)OC(C)(C)C)[C@@H](C)[C@H]([C@H](OC(=O)Oc2ccc([N+](=O)[O-])cc2)[C@H]2COC(=O)O2)O1. The van der Waals surface area contributed by atoms with Crippen molar-refractivity contribution in [2.75, 3.05) is 13.7 Å². The average molecular weight is 695 g/mol.